The zero-order valence-corrected chi connectivity index (χ0v) is 13.8. The summed E-state index contributed by atoms with van der Waals surface area (Å²) in [5.74, 6) is 0. The van der Waals surface area contributed by atoms with Gasteiger partial charge in [0.05, 0.1) is 0 Å². The van der Waals surface area contributed by atoms with E-state index in [1.807, 2.05) is 18.2 Å². The van der Waals surface area contributed by atoms with E-state index < -0.39 is 18.8 Å². The Hall–Kier alpha value is -2.45. The minimum atomic E-state index is -4.43. The van der Waals surface area contributed by atoms with Crippen molar-refractivity contribution in [2.75, 3.05) is 32.0 Å². The predicted molar refractivity (Wildman–Crippen MR) is 87.3 cm³/mol. The summed E-state index contributed by atoms with van der Waals surface area (Å²) in [5, 5.41) is 5.36. The second-order valence-corrected chi connectivity index (χ2v) is 5.98. The summed E-state index contributed by atoms with van der Waals surface area (Å²) < 4.78 is 36.9. The van der Waals surface area contributed by atoms with Gasteiger partial charge in [0, 0.05) is 31.9 Å². The number of benzene rings is 1. The molecular weight excluding hydrogens is 337 g/mol. The largest absolute Gasteiger partial charge is 0.406 e. The van der Waals surface area contributed by atoms with Crippen LogP contribution < -0.4 is 10.6 Å². The second-order valence-electron chi connectivity index (χ2n) is 5.98. The number of nitrogens with zero attached hydrogens (tertiary/aromatic N) is 2. The summed E-state index contributed by atoms with van der Waals surface area (Å²) in [6, 6.07) is 7.80. The molecule has 1 saturated heterocycles. The third-order valence-electron chi connectivity index (χ3n) is 3.90. The SMILES string of the molecule is CN(CC(F)(F)F)C(=O)NC1CCN(C(=O)Nc2ccccc2)CC1. The van der Waals surface area contributed by atoms with Gasteiger partial charge < -0.3 is 20.4 Å². The van der Waals surface area contributed by atoms with E-state index in [1.54, 1.807) is 17.0 Å². The van der Waals surface area contributed by atoms with E-state index in [0.29, 0.717) is 36.5 Å². The molecule has 0 saturated carbocycles. The first kappa shape index (κ1) is 18.9. The zero-order valence-electron chi connectivity index (χ0n) is 13.8. The maximum Gasteiger partial charge on any atom is 0.406 e. The zero-order chi connectivity index (χ0) is 18.4. The van der Waals surface area contributed by atoms with Gasteiger partial charge >= 0.3 is 18.2 Å². The number of para-hydroxylation sites is 1. The Morgan fingerprint density at radius 3 is 2.36 bits per heavy atom. The fourth-order valence-electron chi connectivity index (χ4n) is 2.58. The molecule has 1 aliphatic heterocycles. The molecule has 0 aliphatic carbocycles. The van der Waals surface area contributed by atoms with Crippen molar-refractivity contribution >= 4 is 17.7 Å². The number of nitrogens with one attached hydrogen (secondary N) is 2. The number of rotatable bonds is 3. The van der Waals surface area contributed by atoms with E-state index in [0.717, 1.165) is 7.05 Å². The number of urea groups is 2. The van der Waals surface area contributed by atoms with Crippen molar-refractivity contribution in [1.82, 2.24) is 15.1 Å². The summed E-state index contributed by atoms with van der Waals surface area (Å²) in [6.07, 6.45) is -3.44. The Balaban J connectivity index is 1.75. The summed E-state index contributed by atoms with van der Waals surface area (Å²) in [6.45, 7) is -0.448. The number of likely N-dealkylation sites (tertiary alicyclic amines) is 1. The van der Waals surface area contributed by atoms with Crippen LogP contribution in [0, 0.1) is 0 Å². The molecule has 1 aromatic carbocycles. The minimum absolute atomic E-state index is 0.231. The quantitative estimate of drug-likeness (QED) is 0.873. The standard InChI is InChI=1S/C16H21F3N4O2/c1-22(11-16(17,18)19)14(24)20-13-7-9-23(10-8-13)15(25)21-12-5-3-2-4-6-12/h2-6,13H,7-11H2,1H3,(H,20,24)(H,21,25). The van der Waals surface area contributed by atoms with E-state index in [-0.39, 0.29) is 12.1 Å². The highest BCUT2D eigenvalue weighted by molar-refractivity contribution is 5.89. The van der Waals surface area contributed by atoms with Crippen molar-refractivity contribution in [3.05, 3.63) is 30.3 Å². The minimum Gasteiger partial charge on any atom is -0.335 e. The highest BCUT2D eigenvalue weighted by Crippen LogP contribution is 2.17. The van der Waals surface area contributed by atoms with Crippen LogP contribution in [0.5, 0.6) is 0 Å². The van der Waals surface area contributed by atoms with Crippen molar-refractivity contribution in [2.45, 2.75) is 25.1 Å². The number of carbonyl (C=O) groups is 2. The number of amides is 4. The lowest BCUT2D eigenvalue weighted by Gasteiger charge is -2.33. The van der Waals surface area contributed by atoms with Crippen molar-refractivity contribution in [1.29, 1.82) is 0 Å². The van der Waals surface area contributed by atoms with Gasteiger partial charge in [0.15, 0.2) is 0 Å². The monoisotopic (exact) mass is 358 g/mol. The van der Waals surface area contributed by atoms with Gasteiger partial charge in [-0.2, -0.15) is 13.2 Å². The first-order valence-corrected chi connectivity index (χ1v) is 7.94. The van der Waals surface area contributed by atoms with E-state index in [2.05, 4.69) is 10.6 Å². The third kappa shape index (κ3) is 6.17. The molecule has 138 valence electrons. The van der Waals surface area contributed by atoms with Crippen LogP contribution in [0.2, 0.25) is 0 Å². The lowest BCUT2D eigenvalue weighted by molar-refractivity contribution is -0.137. The van der Waals surface area contributed by atoms with Crippen molar-refractivity contribution < 1.29 is 22.8 Å². The Morgan fingerprint density at radius 2 is 1.80 bits per heavy atom. The van der Waals surface area contributed by atoms with Gasteiger partial charge in [-0.3, -0.25) is 0 Å². The molecule has 0 spiro atoms. The molecule has 9 heteroatoms. The van der Waals surface area contributed by atoms with Crippen LogP contribution in [-0.4, -0.2) is 60.8 Å². The maximum absolute atomic E-state index is 12.3. The van der Waals surface area contributed by atoms with Gasteiger partial charge in [-0.05, 0) is 25.0 Å². The lowest BCUT2D eigenvalue weighted by atomic mass is 10.1. The third-order valence-corrected chi connectivity index (χ3v) is 3.90. The van der Waals surface area contributed by atoms with Gasteiger partial charge in [-0.25, -0.2) is 9.59 Å². The number of carbonyl (C=O) groups excluding carboxylic acids is 2. The van der Waals surface area contributed by atoms with Gasteiger partial charge in [0.1, 0.15) is 6.54 Å². The molecule has 0 unspecified atom stereocenters. The Morgan fingerprint density at radius 1 is 1.20 bits per heavy atom. The molecule has 25 heavy (non-hydrogen) atoms. The molecule has 1 aliphatic rings. The Labute approximate surface area is 144 Å². The number of alkyl halides is 3. The summed E-state index contributed by atoms with van der Waals surface area (Å²) in [5.41, 5.74) is 0.691. The van der Waals surface area contributed by atoms with E-state index >= 15 is 0 Å². The highest BCUT2D eigenvalue weighted by Gasteiger charge is 2.32. The predicted octanol–water partition coefficient (Wildman–Crippen LogP) is 2.89. The van der Waals surface area contributed by atoms with Crippen molar-refractivity contribution in [3.63, 3.8) is 0 Å². The molecule has 0 aromatic heterocycles. The van der Waals surface area contributed by atoms with Crippen LogP contribution in [-0.2, 0) is 0 Å². The van der Waals surface area contributed by atoms with E-state index in [1.165, 1.54) is 0 Å². The Kier molecular flexibility index (Phi) is 6.11. The Bertz CT molecular complexity index is 587. The molecular formula is C16H21F3N4O2. The maximum atomic E-state index is 12.3. The van der Waals surface area contributed by atoms with Crippen LogP contribution >= 0.6 is 0 Å². The summed E-state index contributed by atoms with van der Waals surface area (Å²) >= 11 is 0. The first-order valence-electron chi connectivity index (χ1n) is 7.94. The second kappa shape index (κ2) is 8.09. The average molecular weight is 358 g/mol. The average Bonchev–Trinajstić information content (AvgIpc) is 2.54. The summed E-state index contributed by atoms with van der Waals surface area (Å²) in [7, 11) is 1.10. The van der Waals surface area contributed by atoms with Crippen LogP contribution in [0.1, 0.15) is 12.8 Å². The normalized spacial score (nSPS) is 15.6. The fraction of sp³-hybridized carbons (Fsp3) is 0.500. The molecule has 4 amide bonds. The molecule has 1 heterocycles. The molecule has 0 radical (unpaired) electrons. The van der Waals surface area contributed by atoms with Crippen LogP contribution in [0.3, 0.4) is 0 Å². The lowest BCUT2D eigenvalue weighted by Crippen LogP contribution is -2.51. The highest BCUT2D eigenvalue weighted by atomic mass is 19.4. The number of hydrogen-bond acceptors (Lipinski definition) is 2. The molecule has 2 N–H and O–H groups in total. The molecule has 2 rings (SSSR count). The number of anilines is 1. The number of halogens is 3. The fourth-order valence-corrected chi connectivity index (χ4v) is 2.58. The van der Waals surface area contributed by atoms with Gasteiger partial charge in [0.2, 0.25) is 0 Å². The van der Waals surface area contributed by atoms with Gasteiger partial charge in [0.25, 0.3) is 0 Å². The molecule has 0 atom stereocenters. The molecule has 6 nitrogen and oxygen atoms in total. The molecule has 0 bridgehead atoms. The van der Waals surface area contributed by atoms with Crippen LogP contribution in [0.25, 0.3) is 0 Å². The molecule has 1 aromatic rings. The van der Waals surface area contributed by atoms with E-state index in [9.17, 15) is 22.8 Å². The smallest absolute Gasteiger partial charge is 0.335 e. The number of hydrogen-bond donors (Lipinski definition) is 2. The van der Waals surface area contributed by atoms with Gasteiger partial charge in [-0.15, -0.1) is 0 Å². The molecule has 1 fully saturated rings. The van der Waals surface area contributed by atoms with Crippen molar-refractivity contribution in [3.8, 4) is 0 Å². The first-order chi connectivity index (χ1) is 11.7. The summed E-state index contributed by atoms with van der Waals surface area (Å²) in [4.78, 5) is 26.1. The van der Waals surface area contributed by atoms with Gasteiger partial charge in [-0.1, -0.05) is 18.2 Å². The van der Waals surface area contributed by atoms with Crippen LogP contribution in [0.15, 0.2) is 30.3 Å². The van der Waals surface area contributed by atoms with Crippen LogP contribution in [0.4, 0.5) is 28.4 Å². The van der Waals surface area contributed by atoms with E-state index in [4.69, 9.17) is 0 Å². The number of piperidine rings is 1. The topological polar surface area (TPSA) is 64.7 Å². The van der Waals surface area contributed by atoms with Crippen molar-refractivity contribution in [2.24, 2.45) is 0 Å².